The topological polar surface area (TPSA) is 138 Å². The summed E-state index contributed by atoms with van der Waals surface area (Å²) in [5.74, 6) is 0.0209. The minimum atomic E-state index is -4.70. The maximum absolute atomic E-state index is 14.0. The average molecular weight is 568 g/mol. The van der Waals surface area contributed by atoms with Crippen LogP contribution in [-0.2, 0) is 17.5 Å². The number of carbonyl (C=O) groups excluding carboxylic acids is 1. The standard InChI is InChI=1S/C29H28F3N5O4/c1-28(40)8-9-37(16-28)27(39)18-4-5-23(34-14-18)19-10-20-11-21(41-26(20)22(12-19)29(30,31)32)15-36-25(38)7-3-17-2-6-24(33)35-13-17/h2-7,10-14,27,39-40H,8-9,15-16H2,1H3,(H2,33,35)(H,36,38)/b7-3+. The van der Waals surface area contributed by atoms with Crippen LogP contribution in [-0.4, -0.2) is 49.7 Å². The van der Waals surface area contributed by atoms with Gasteiger partial charge in [-0.15, -0.1) is 0 Å². The van der Waals surface area contributed by atoms with Gasteiger partial charge in [-0.3, -0.25) is 14.7 Å². The van der Waals surface area contributed by atoms with Gasteiger partial charge in [-0.2, -0.15) is 13.2 Å². The maximum Gasteiger partial charge on any atom is 0.420 e. The number of amides is 1. The zero-order chi connectivity index (χ0) is 29.4. The van der Waals surface area contributed by atoms with Crippen molar-refractivity contribution >= 4 is 28.8 Å². The number of pyridine rings is 2. The maximum atomic E-state index is 14.0. The number of nitrogens with one attached hydrogen (secondary N) is 1. The van der Waals surface area contributed by atoms with Gasteiger partial charge in [0, 0.05) is 48.1 Å². The monoisotopic (exact) mass is 567 g/mol. The van der Waals surface area contributed by atoms with Gasteiger partial charge in [0.2, 0.25) is 5.91 Å². The molecule has 3 aromatic heterocycles. The number of nitrogen functional groups attached to an aromatic ring is 1. The third-order valence-electron chi connectivity index (χ3n) is 6.85. The number of furan rings is 1. The Labute approximate surface area is 233 Å². The third kappa shape index (κ3) is 6.56. The Kier molecular flexibility index (Phi) is 7.56. The summed E-state index contributed by atoms with van der Waals surface area (Å²) in [6.07, 6.45) is 0.527. The minimum absolute atomic E-state index is 0.126. The summed E-state index contributed by atoms with van der Waals surface area (Å²) in [5.41, 5.74) is 4.94. The fourth-order valence-electron chi connectivity index (χ4n) is 4.70. The quantitative estimate of drug-likeness (QED) is 0.243. The molecule has 5 rings (SSSR count). The Balaban J connectivity index is 1.34. The van der Waals surface area contributed by atoms with Crippen molar-refractivity contribution in [1.29, 1.82) is 0 Å². The Morgan fingerprint density at radius 2 is 2.02 bits per heavy atom. The molecular formula is C29H28F3N5O4. The number of fused-ring (bicyclic) bond motifs is 1. The lowest BCUT2D eigenvalue weighted by atomic mass is 10.0. The number of anilines is 1. The lowest BCUT2D eigenvalue weighted by Crippen LogP contribution is -2.32. The predicted molar refractivity (Wildman–Crippen MR) is 146 cm³/mol. The number of aromatic nitrogens is 2. The number of nitrogens with zero attached hydrogens (tertiary/aromatic N) is 3. The number of nitrogens with two attached hydrogens (primary N) is 1. The van der Waals surface area contributed by atoms with E-state index >= 15 is 0 Å². The Morgan fingerprint density at radius 3 is 2.66 bits per heavy atom. The van der Waals surface area contributed by atoms with Crippen LogP contribution < -0.4 is 11.1 Å². The molecule has 0 spiro atoms. The van der Waals surface area contributed by atoms with Crippen molar-refractivity contribution < 1.29 is 32.6 Å². The van der Waals surface area contributed by atoms with E-state index < -0.39 is 29.5 Å². The molecule has 0 aliphatic carbocycles. The van der Waals surface area contributed by atoms with Crippen LogP contribution in [0, 0.1) is 0 Å². The van der Waals surface area contributed by atoms with Crippen LogP contribution in [0.4, 0.5) is 19.0 Å². The third-order valence-corrected chi connectivity index (χ3v) is 6.85. The van der Waals surface area contributed by atoms with Crippen molar-refractivity contribution in [2.75, 3.05) is 18.8 Å². The van der Waals surface area contributed by atoms with Crippen molar-refractivity contribution in [3.8, 4) is 11.3 Å². The SMILES string of the molecule is CC1(O)CCN(C(O)c2ccc(-c3cc(C(F)(F)F)c4oc(CNC(=O)/C=C/c5ccc(N)nc5)cc4c3)nc2)C1. The van der Waals surface area contributed by atoms with Gasteiger partial charge >= 0.3 is 6.18 Å². The molecule has 1 fully saturated rings. The number of carbonyl (C=O) groups is 1. The second-order valence-corrected chi connectivity index (χ2v) is 10.3. The van der Waals surface area contributed by atoms with Gasteiger partial charge in [-0.1, -0.05) is 6.07 Å². The second-order valence-electron chi connectivity index (χ2n) is 10.3. The number of hydrogen-bond acceptors (Lipinski definition) is 8. The van der Waals surface area contributed by atoms with E-state index in [1.54, 1.807) is 30.0 Å². The van der Waals surface area contributed by atoms with Crippen molar-refractivity contribution in [3.05, 3.63) is 83.4 Å². The first-order valence-electron chi connectivity index (χ1n) is 12.8. The molecular weight excluding hydrogens is 539 g/mol. The highest BCUT2D eigenvalue weighted by Gasteiger charge is 2.36. The first-order valence-corrected chi connectivity index (χ1v) is 12.8. The van der Waals surface area contributed by atoms with Gasteiger partial charge in [0.05, 0.1) is 23.4 Å². The fourth-order valence-corrected chi connectivity index (χ4v) is 4.70. The number of alkyl halides is 3. The number of likely N-dealkylation sites (tertiary alicyclic amines) is 1. The van der Waals surface area contributed by atoms with Gasteiger partial charge in [0.25, 0.3) is 0 Å². The van der Waals surface area contributed by atoms with Crippen molar-refractivity contribution in [1.82, 2.24) is 20.2 Å². The molecule has 2 unspecified atom stereocenters. The number of benzene rings is 1. The molecule has 1 aliphatic rings. The van der Waals surface area contributed by atoms with E-state index in [0.29, 0.717) is 36.5 Å². The zero-order valence-electron chi connectivity index (χ0n) is 22.0. The molecule has 1 saturated heterocycles. The molecule has 2 atom stereocenters. The number of hydrogen-bond donors (Lipinski definition) is 4. The van der Waals surface area contributed by atoms with Crippen LogP contribution in [0.5, 0.6) is 0 Å². The number of aliphatic hydroxyl groups excluding tert-OH is 1. The molecule has 0 radical (unpaired) electrons. The van der Waals surface area contributed by atoms with E-state index in [-0.39, 0.29) is 34.5 Å². The van der Waals surface area contributed by atoms with Gasteiger partial charge in [-0.25, -0.2) is 4.98 Å². The lowest BCUT2D eigenvalue weighted by Gasteiger charge is -2.24. The summed E-state index contributed by atoms with van der Waals surface area (Å²) in [7, 11) is 0. The first kappa shape index (κ1) is 28.3. The molecule has 12 heteroatoms. The van der Waals surface area contributed by atoms with Crippen molar-refractivity contribution in [3.63, 3.8) is 0 Å². The summed E-state index contributed by atoms with van der Waals surface area (Å²) in [5, 5.41) is 23.6. The average Bonchev–Trinajstić information content (AvgIpc) is 3.52. The first-order chi connectivity index (χ1) is 19.4. The molecule has 0 bridgehead atoms. The van der Waals surface area contributed by atoms with E-state index in [4.69, 9.17) is 10.2 Å². The highest BCUT2D eigenvalue weighted by atomic mass is 19.4. The molecule has 1 aromatic carbocycles. The van der Waals surface area contributed by atoms with E-state index in [1.165, 1.54) is 42.7 Å². The molecule has 1 amide bonds. The number of halogens is 3. The molecule has 5 N–H and O–H groups in total. The summed E-state index contributed by atoms with van der Waals surface area (Å²) in [4.78, 5) is 22.2. The summed E-state index contributed by atoms with van der Waals surface area (Å²) in [6, 6.07) is 10.4. The Morgan fingerprint density at radius 1 is 1.22 bits per heavy atom. The molecule has 0 saturated carbocycles. The highest BCUT2D eigenvalue weighted by Crippen LogP contribution is 2.39. The molecule has 41 heavy (non-hydrogen) atoms. The molecule has 1 aliphatic heterocycles. The second kappa shape index (κ2) is 11.0. The molecule has 4 aromatic rings. The van der Waals surface area contributed by atoms with E-state index in [2.05, 4.69) is 15.3 Å². The molecule has 214 valence electrons. The number of aliphatic hydroxyl groups is 2. The lowest BCUT2D eigenvalue weighted by molar-refractivity contribution is -0.136. The minimum Gasteiger partial charge on any atom is -0.459 e. The van der Waals surface area contributed by atoms with Gasteiger partial charge < -0.3 is 25.7 Å². The van der Waals surface area contributed by atoms with Crippen LogP contribution in [0.1, 0.15) is 42.0 Å². The van der Waals surface area contributed by atoms with Crippen LogP contribution in [0.3, 0.4) is 0 Å². The normalized spacial score (nSPS) is 18.8. The van der Waals surface area contributed by atoms with Crippen LogP contribution >= 0.6 is 0 Å². The number of rotatable bonds is 7. The Bertz CT molecular complexity index is 1580. The van der Waals surface area contributed by atoms with E-state index in [9.17, 15) is 28.2 Å². The molecule has 9 nitrogen and oxygen atoms in total. The summed E-state index contributed by atoms with van der Waals surface area (Å²) >= 11 is 0. The highest BCUT2D eigenvalue weighted by molar-refractivity contribution is 5.92. The van der Waals surface area contributed by atoms with E-state index in [1.807, 2.05) is 0 Å². The summed E-state index contributed by atoms with van der Waals surface area (Å²) in [6.45, 7) is 2.36. The molecule has 4 heterocycles. The van der Waals surface area contributed by atoms with Gasteiger partial charge in [-0.05, 0) is 61.4 Å². The van der Waals surface area contributed by atoms with Crippen LogP contribution in [0.15, 0.2) is 65.4 Å². The fraction of sp³-hybridized carbons (Fsp3) is 0.276. The van der Waals surface area contributed by atoms with Crippen molar-refractivity contribution in [2.45, 2.75) is 37.9 Å². The largest absolute Gasteiger partial charge is 0.459 e. The van der Waals surface area contributed by atoms with Crippen LogP contribution in [0.25, 0.3) is 28.3 Å². The zero-order valence-corrected chi connectivity index (χ0v) is 22.0. The van der Waals surface area contributed by atoms with Gasteiger partial charge in [0.1, 0.15) is 23.4 Å². The smallest absolute Gasteiger partial charge is 0.420 e. The van der Waals surface area contributed by atoms with E-state index in [0.717, 1.165) is 6.07 Å². The predicted octanol–water partition coefficient (Wildman–Crippen LogP) is 4.27. The van der Waals surface area contributed by atoms with Crippen molar-refractivity contribution in [2.24, 2.45) is 0 Å². The number of β-amino-alcohol motifs (C(OH)–C–C–N with tert-alkyl or cyclic N) is 1. The Hall–Kier alpha value is -4.26. The van der Waals surface area contributed by atoms with Gasteiger partial charge in [0.15, 0.2) is 0 Å². The van der Waals surface area contributed by atoms with Crippen LogP contribution in [0.2, 0.25) is 0 Å². The summed E-state index contributed by atoms with van der Waals surface area (Å²) < 4.78 is 47.5.